The van der Waals surface area contributed by atoms with E-state index in [1.165, 1.54) is 13.2 Å². The van der Waals surface area contributed by atoms with E-state index < -0.39 is 12.4 Å². The summed E-state index contributed by atoms with van der Waals surface area (Å²) in [6.07, 6.45) is -2.70. The van der Waals surface area contributed by atoms with Gasteiger partial charge in [-0.3, -0.25) is 4.79 Å². The first-order valence-corrected chi connectivity index (χ1v) is 5.26. The summed E-state index contributed by atoms with van der Waals surface area (Å²) in [5, 5.41) is 0. The molecule has 0 fully saturated rings. The molecule has 0 bridgehead atoms. The van der Waals surface area contributed by atoms with E-state index in [9.17, 15) is 13.6 Å². The van der Waals surface area contributed by atoms with Crippen LogP contribution in [-0.2, 0) is 16.0 Å². The molecule has 0 atom stereocenters. The zero-order valence-electron chi connectivity index (χ0n) is 8.76. The number of carbonyl (C=O) groups is 1. The van der Waals surface area contributed by atoms with Crippen LogP contribution in [0, 0.1) is 6.92 Å². The van der Waals surface area contributed by atoms with Crippen LogP contribution in [0.5, 0.6) is 0 Å². The molecule has 88 valence electrons. The van der Waals surface area contributed by atoms with Crippen molar-refractivity contribution in [1.82, 2.24) is 4.98 Å². The fraction of sp³-hybridized carbons (Fsp3) is 0.400. The molecule has 1 aromatic rings. The van der Waals surface area contributed by atoms with Crippen molar-refractivity contribution in [3.63, 3.8) is 0 Å². The number of nitrogens with zero attached hydrogens (tertiary/aromatic N) is 1. The second kappa shape index (κ2) is 5.34. The van der Waals surface area contributed by atoms with Crippen LogP contribution in [0.15, 0.2) is 10.7 Å². The first-order chi connectivity index (χ1) is 7.45. The first kappa shape index (κ1) is 13.0. The molecule has 0 radical (unpaired) electrons. The molecule has 16 heavy (non-hydrogen) atoms. The van der Waals surface area contributed by atoms with Gasteiger partial charge in [0.05, 0.1) is 19.2 Å². The number of ether oxygens (including phenoxy) is 1. The van der Waals surface area contributed by atoms with E-state index in [1.807, 2.05) is 0 Å². The van der Waals surface area contributed by atoms with Crippen LogP contribution in [0.2, 0.25) is 0 Å². The molecule has 3 nitrogen and oxygen atoms in total. The monoisotopic (exact) mass is 293 g/mol. The number of hydrogen-bond acceptors (Lipinski definition) is 3. The van der Waals surface area contributed by atoms with Gasteiger partial charge in [0.1, 0.15) is 4.60 Å². The van der Waals surface area contributed by atoms with Crippen LogP contribution in [-0.4, -0.2) is 18.1 Å². The predicted octanol–water partition coefficient (Wildman–Crippen LogP) is 2.81. The number of methoxy groups -OCH3 is 1. The van der Waals surface area contributed by atoms with Crippen LogP contribution in [0.1, 0.15) is 23.2 Å². The minimum atomic E-state index is -2.59. The van der Waals surface area contributed by atoms with E-state index in [-0.39, 0.29) is 17.7 Å². The lowest BCUT2D eigenvalue weighted by atomic mass is 10.1. The van der Waals surface area contributed by atoms with Crippen molar-refractivity contribution in [2.75, 3.05) is 7.11 Å². The second-order valence-electron chi connectivity index (χ2n) is 3.17. The molecule has 0 N–H and O–H groups in total. The van der Waals surface area contributed by atoms with Gasteiger partial charge in [-0.1, -0.05) is 0 Å². The lowest BCUT2D eigenvalue weighted by Gasteiger charge is -2.09. The summed E-state index contributed by atoms with van der Waals surface area (Å²) in [5.41, 5.74) is 0.518. The number of pyridine rings is 1. The van der Waals surface area contributed by atoms with E-state index in [0.29, 0.717) is 10.2 Å². The predicted molar refractivity (Wildman–Crippen MR) is 57.4 cm³/mol. The van der Waals surface area contributed by atoms with E-state index in [0.717, 1.165) is 0 Å². The van der Waals surface area contributed by atoms with Crippen LogP contribution < -0.4 is 0 Å². The zero-order valence-corrected chi connectivity index (χ0v) is 10.3. The summed E-state index contributed by atoms with van der Waals surface area (Å²) in [7, 11) is 1.24. The van der Waals surface area contributed by atoms with Crippen molar-refractivity contribution in [2.45, 2.75) is 19.8 Å². The van der Waals surface area contributed by atoms with Gasteiger partial charge in [0.15, 0.2) is 0 Å². The van der Waals surface area contributed by atoms with Crippen molar-refractivity contribution in [2.24, 2.45) is 0 Å². The Morgan fingerprint density at radius 3 is 2.75 bits per heavy atom. The van der Waals surface area contributed by atoms with E-state index in [2.05, 4.69) is 25.7 Å². The Labute approximate surface area is 99.9 Å². The van der Waals surface area contributed by atoms with Crippen LogP contribution >= 0.6 is 15.9 Å². The van der Waals surface area contributed by atoms with Gasteiger partial charge >= 0.3 is 5.97 Å². The summed E-state index contributed by atoms with van der Waals surface area (Å²) >= 11 is 3.08. The van der Waals surface area contributed by atoms with Crippen molar-refractivity contribution >= 4 is 21.9 Å². The lowest BCUT2D eigenvalue weighted by Crippen LogP contribution is -2.08. The number of halogens is 3. The fourth-order valence-electron chi connectivity index (χ4n) is 1.19. The maximum atomic E-state index is 12.6. The molecular formula is C10H10BrF2NO2. The number of aromatic nitrogens is 1. The van der Waals surface area contributed by atoms with Gasteiger partial charge in [0.2, 0.25) is 0 Å². The molecule has 0 unspecified atom stereocenters. The molecule has 1 rings (SSSR count). The quantitative estimate of drug-likeness (QED) is 0.635. The van der Waals surface area contributed by atoms with Gasteiger partial charge in [0, 0.05) is 5.56 Å². The average Bonchev–Trinajstić information content (AvgIpc) is 2.22. The Hall–Kier alpha value is -1.04. The lowest BCUT2D eigenvalue weighted by molar-refractivity contribution is -0.139. The van der Waals surface area contributed by atoms with E-state index in [4.69, 9.17) is 0 Å². The fourth-order valence-corrected chi connectivity index (χ4v) is 1.64. The summed E-state index contributed by atoms with van der Waals surface area (Å²) in [4.78, 5) is 15.0. The maximum Gasteiger partial charge on any atom is 0.311 e. The summed E-state index contributed by atoms with van der Waals surface area (Å²) < 4.78 is 30.1. The highest BCUT2D eigenvalue weighted by molar-refractivity contribution is 9.10. The number of alkyl halides is 2. The number of rotatable bonds is 3. The van der Waals surface area contributed by atoms with Crippen LogP contribution in [0.25, 0.3) is 0 Å². The summed E-state index contributed by atoms with van der Waals surface area (Å²) in [6.45, 7) is 1.54. The molecule has 0 amide bonds. The Morgan fingerprint density at radius 2 is 2.25 bits per heavy atom. The van der Waals surface area contributed by atoms with Crippen molar-refractivity contribution < 1.29 is 18.3 Å². The smallest absolute Gasteiger partial charge is 0.311 e. The van der Waals surface area contributed by atoms with Gasteiger partial charge in [-0.2, -0.15) is 0 Å². The third-order valence-electron chi connectivity index (χ3n) is 2.09. The standard InChI is InChI=1S/C10H10BrF2NO2/c1-5-7(10(12)13)3-6(14-9(5)11)4-8(15)16-2/h3,10H,4H2,1-2H3. The van der Waals surface area contributed by atoms with Gasteiger partial charge < -0.3 is 4.74 Å². The number of esters is 1. The molecule has 0 aliphatic carbocycles. The molecule has 0 saturated heterocycles. The molecule has 6 heteroatoms. The molecular weight excluding hydrogens is 284 g/mol. The highest BCUT2D eigenvalue weighted by Gasteiger charge is 2.16. The molecule has 0 aromatic carbocycles. The normalized spacial score (nSPS) is 10.6. The van der Waals surface area contributed by atoms with Crippen molar-refractivity contribution in [3.05, 3.63) is 27.5 Å². The molecule has 0 saturated carbocycles. The minimum Gasteiger partial charge on any atom is -0.469 e. The highest BCUT2D eigenvalue weighted by Crippen LogP contribution is 2.27. The Balaban J connectivity index is 3.09. The van der Waals surface area contributed by atoms with Crippen LogP contribution in [0.3, 0.4) is 0 Å². The molecule has 0 spiro atoms. The Bertz CT molecular complexity index is 410. The average molecular weight is 294 g/mol. The third kappa shape index (κ3) is 2.98. The molecule has 0 aliphatic heterocycles. The van der Waals surface area contributed by atoms with Gasteiger partial charge in [0.25, 0.3) is 6.43 Å². The Kier molecular flexibility index (Phi) is 4.35. The second-order valence-corrected chi connectivity index (χ2v) is 3.92. The maximum absolute atomic E-state index is 12.6. The molecule has 1 heterocycles. The minimum absolute atomic E-state index is 0.116. The van der Waals surface area contributed by atoms with Gasteiger partial charge in [-0.25, -0.2) is 13.8 Å². The third-order valence-corrected chi connectivity index (χ3v) is 2.87. The first-order valence-electron chi connectivity index (χ1n) is 4.46. The molecule has 0 aliphatic rings. The highest BCUT2D eigenvalue weighted by atomic mass is 79.9. The Morgan fingerprint density at radius 1 is 1.62 bits per heavy atom. The van der Waals surface area contributed by atoms with Crippen molar-refractivity contribution in [3.8, 4) is 0 Å². The van der Waals surface area contributed by atoms with E-state index in [1.54, 1.807) is 6.92 Å². The van der Waals surface area contributed by atoms with Crippen LogP contribution in [0.4, 0.5) is 8.78 Å². The topological polar surface area (TPSA) is 39.2 Å². The number of carbonyl (C=O) groups excluding carboxylic acids is 1. The number of hydrogen-bond donors (Lipinski definition) is 0. The van der Waals surface area contributed by atoms with Crippen molar-refractivity contribution in [1.29, 1.82) is 0 Å². The van der Waals surface area contributed by atoms with Gasteiger partial charge in [-0.05, 0) is 34.5 Å². The summed E-state index contributed by atoms with van der Waals surface area (Å²) in [5.74, 6) is -0.511. The zero-order chi connectivity index (χ0) is 12.3. The van der Waals surface area contributed by atoms with Gasteiger partial charge in [-0.15, -0.1) is 0 Å². The summed E-state index contributed by atoms with van der Waals surface area (Å²) in [6, 6.07) is 1.22. The van der Waals surface area contributed by atoms with E-state index >= 15 is 0 Å². The SMILES string of the molecule is COC(=O)Cc1cc(C(F)F)c(C)c(Br)n1. The molecule has 1 aromatic heterocycles. The largest absolute Gasteiger partial charge is 0.469 e.